The summed E-state index contributed by atoms with van der Waals surface area (Å²) in [6.07, 6.45) is 4.90. The van der Waals surface area contributed by atoms with Crippen LogP contribution < -0.4 is 10.6 Å². The summed E-state index contributed by atoms with van der Waals surface area (Å²) in [7, 11) is 0. The third kappa shape index (κ3) is 3.12. The second-order valence-corrected chi connectivity index (χ2v) is 7.34. The Morgan fingerprint density at radius 3 is 2.25 bits per heavy atom. The number of carbonyl (C=O) groups excluding carboxylic acids is 3. The van der Waals surface area contributed by atoms with Gasteiger partial charge in [-0.2, -0.15) is 0 Å². The second kappa shape index (κ2) is 7.06. The quantitative estimate of drug-likeness (QED) is 0.237. The number of likely N-dealkylation sites (tertiary alicyclic amines) is 1. The molecule has 0 aromatic heterocycles. The Labute approximate surface area is 160 Å². The molecule has 146 valence electrons. The van der Waals surface area contributed by atoms with Crippen LogP contribution in [0.15, 0.2) is 36.4 Å². The van der Waals surface area contributed by atoms with E-state index in [-0.39, 0.29) is 53.6 Å². The average molecular weight is 384 g/mol. The lowest BCUT2D eigenvalue weighted by atomic mass is 9.85. The van der Waals surface area contributed by atoms with Gasteiger partial charge in [-0.3, -0.25) is 29.4 Å². The number of allylic oxidation sites excluding steroid dienone is 2. The molecule has 3 amide bonds. The molecular formula is C19H20N4O5. The maximum atomic E-state index is 12.5. The number of nitro groups is 1. The van der Waals surface area contributed by atoms with Crippen molar-refractivity contribution in [1.82, 2.24) is 10.2 Å². The Morgan fingerprint density at radius 1 is 1.07 bits per heavy atom. The number of rotatable bonds is 7. The van der Waals surface area contributed by atoms with Crippen molar-refractivity contribution < 1.29 is 19.3 Å². The van der Waals surface area contributed by atoms with Crippen molar-refractivity contribution in [2.75, 3.05) is 25.0 Å². The van der Waals surface area contributed by atoms with Crippen LogP contribution in [0.3, 0.4) is 0 Å². The molecule has 9 nitrogen and oxygen atoms in total. The number of hydrogen-bond donors (Lipinski definition) is 2. The van der Waals surface area contributed by atoms with Crippen LogP contribution in [0.25, 0.3) is 0 Å². The van der Waals surface area contributed by atoms with Crippen molar-refractivity contribution in [3.05, 3.63) is 46.5 Å². The van der Waals surface area contributed by atoms with Gasteiger partial charge in [-0.25, -0.2) is 0 Å². The van der Waals surface area contributed by atoms with Gasteiger partial charge in [0.05, 0.1) is 16.8 Å². The maximum absolute atomic E-state index is 12.5. The second-order valence-electron chi connectivity index (χ2n) is 7.34. The molecule has 4 atom stereocenters. The molecule has 1 aromatic rings. The fraction of sp³-hybridized carbons (Fsp3) is 0.421. The van der Waals surface area contributed by atoms with Crippen molar-refractivity contribution in [3.63, 3.8) is 0 Å². The number of nitro benzene ring substituents is 1. The Morgan fingerprint density at radius 2 is 1.68 bits per heavy atom. The summed E-state index contributed by atoms with van der Waals surface area (Å²) in [6.45, 7) is 0.456. The van der Waals surface area contributed by atoms with Crippen molar-refractivity contribution >= 4 is 29.1 Å². The number of amides is 3. The molecule has 1 heterocycles. The van der Waals surface area contributed by atoms with Crippen LogP contribution in [0, 0.1) is 33.8 Å². The van der Waals surface area contributed by atoms with Gasteiger partial charge in [0, 0.05) is 30.9 Å². The number of hydrogen-bond acceptors (Lipinski definition) is 6. The van der Waals surface area contributed by atoms with Gasteiger partial charge in [0.25, 0.3) is 5.69 Å². The molecule has 1 saturated carbocycles. The molecule has 0 radical (unpaired) electrons. The summed E-state index contributed by atoms with van der Waals surface area (Å²) in [5, 5.41) is 16.3. The summed E-state index contributed by atoms with van der Waals surface area (Å²) in [5.74, 6) is -1.17. The number of benzene rings is 1. The van der Waals surface area contributed by atoms with Gasteiger partial charge in [-0.05, 0) is 30.4 Å². The smallest absolute Gasteiger partial charge is 0.269 e. The molecule has 3 aliphatic rings. The van der Waals surface area contributed by atoms with Gasteiger partial charge >= 0.3 is 0 Å². The minimum absolute atomic E-state index is 0.00667. The molecule has 9 heteroatoms. The molecule has 2 aliphatic carbocycles. The highest BCUT2D eigenvalue weighted by Crippen LogP contribution is 2.52. The topological polar surface area (TPSA) is 122 Å². The van der Waals surface area contributed by atoms with Crippen LogP contribution in [0.4, 0.5) is 11.4 Å². The van der Waals surface area contributed by atoms with Crippen LogP contribution in [0.2, 0.25) is 0 Å². The number of nitrogens with one attached hydrogen (secondary N) is 2. The Hall–Kier alpha value is -3.23. The van der Waals surface area contributed by atoms with Gasteiger partial charge < -0.3 is 10.6 Å². The molecular weight excluding hydrogens is 364 g/mol. The van der Waals surface area contributed by atoms with E-state index in [0.29, 0.717) is 18.8 Å². The van der Waals surface area contributed by atoms with E-state index in [9.17, 15) is 24.5 Å². The van der Waals surface area contributed by atoms with Gasteiger partial charge in [-0.1, -0.05) is 12.2 Å². The fourth-order valence-corrected chi connectivity index (χ4v) is 4.43. The van der Waals surface area contributed by atoms with Crippen molar-refractivity contribution in [2.45, 2.75) is 6.42 Å². The molecule has 4 unspecified atom stereocenters. The Kier molecular flexibility index (Phi) is 4.58. The number of imide groups is 1. The van der Waals surface area contributed by atoms with Gasteiger partial charge in [0.1, 0.15) is 6.54 Å². The van der Waals surface area contributed by atoms with E-state index in [1.54, 1.807) is 12.1 Å². The first-order valence-electron chi connectivity index (χ1n) is 9.24. The normalized spacial score (nSPS) is 27.2. The lowest BCUT2D eigenvalue weighted by Gasteiger charge is -2.17. The average Bonchev–Trinajstić information content (AvgIpc) is 3.36. The number of carbonyl (C=O) groups is 3. The van der Waals surface area contributed by atoms with Crippen LogP contribution in [-0.2, 0) is 14.4 Å². The largest absolute Gasteiger partial charge is 0.383 e. The van der Waals surface area contributed by atoms with Crippen LogP contribution >= 0.6 is 0 Å². The monoisotopic (exact) mass is 384 g/mol. The summed E-state index contributed by atoms with van der Waals surface area (Å²) < 4.78 is 0. The predicted molar refractivity (Wildman–Crippen MR) is 99.0 cm³/mol. The fourth-order valence-electron chi connectivity index (χ4n) is 4.43. The lowest BCUT2D eigenvalue weighted by Crippen LogP contribution is -2.42. The predicted octanol–water partition coefficient (Wildman–Crippen LogP) is 0.930. The zero-order valence-corrected chi connectivity index (χ0v) is 15.0. The van der Waals surface area contributed by atoms with Crippen LogP contribution in [0.1, 0.15) is 6.42 Å². The van der Waals surface area contributed by atoms with Crippen molar-refractivity contribution in [2.24, 2.45) is 23.7 Å². The molecule has 1 saturated heterocycles. The highest BCUT2D eigenvalue weighted by molar-refractivity contribution is 6.08. The Balaban J connectivity index is 1.23. The first kappa shape index (κ1) is 18.1. The summed E-state index contributed by atoms with van der Waals surface area (Å²) in [5.41, 5.74) is 0.702. The zero-order chi connectivity index (χ0) is 19.8. The van der Waals surface area contributed by atoms with E-state index in [1.807, 2.05) is 12.2 Å². The lowest BCUT2D eigenvalue weighted by molar-refractivity contribution is -0.384. The van der Waals surface area contributed by atoms with E-state index >= 15 is 0 Å². The maximum Gasteiger partial charge on any atom is 0.269 e. The molecule has 1 aromatic carbocycles. The van der Waals surface area contributed by atoms with E-state index in [2.05, 4.69) is 10.6 Å². The summed E-state index contributed by atoms with van der Waals surface area (Å²) in [4.78, 5) is 48.5. The first-order valence-corrected chi connectivity index (χ1v) is 9.24. The molecule has 1 aliphatic heterocycles. The third-order valence-electron chi connectivity index (χ3n) is 5.72. The highest BCUT2D eigenvalue weighted by Gasteiger charge is 2.59. The molecule has 28 heavy (non-hydrogen) atoms. The summed E-state index contributed by atoms with van der Waals surface area (Å²) >= 11 is 0. The molecule has 2 bridgehead atoms. The summed E-state index contributed by atoms with van der Waals surface area (Å²) in [6, 6.07) is 5.96. The minimum Gasteiger partial charge on any atom is -0.383 e. The Bertz CT molecular complexity index is 836. The van der Waals surface area contributed by atoms with E-state index in [1.165, 1.54) is 12.1 Å². The molecule has 2 fully saturated rings. The zero-order valence-electron chi connectivity index (χ0n) is 15.0. The van der Waals surface area contributed by atoms with E-state index in [0.717, 1.165) is 11.3 Å². The molecule has 2 N–H and O–H groups in total. The molecule has 0 spiro atoms. The highest BCUT2D eigenvalue weighted by atomic mass is 16.6. The SMILES string of the molecule is O=C(CN1C(=O)C2C3C=CC(C3)C2C1=O)NCCNc1ccc([N+](=O)[O-])cc1. The van der Waals surface area contributed by atoms with E-state index < -0.39 is 4.92 Å². The first-order chi connectivity index (χ1) is 13.5. The van der Waals surface area contributed by atoms with Crippen molar-refractivity contribution in [1.29, 1.82) is 0 Å². The standard InChI is InChI=1S/C19H20N4O5/c24-15(21-8-7-20-13-3-5-14(6-4-13)23(27)28)10-22-18(25)16-11-1-2-12(9-11)17(16)19(22)26/h1-6,11-12,16-17,20H,7-10H2,(H,21,24). The van der Waals surface area contributed by atoms with Gasteiger partial charge in [0.15, 0.2) is 0 Å². The number of anilines is 1. The number of nitrogens with zero attached hydrogens (tertiary/aromatic N) is 2. The van der Waals surface area contributed by atoms with Crippen LogP contribution in [-0.4, -0.2) is 47.2 Å². The van der Waals surface area contributed by atoms with Gasteiger partial charge in [-0.15, -0.1) is 0 Å². The number of fused-ring (bicyclic) bond motifs is 5. The van der Waals surface area contributed by atoms with Crippen molar-refractivity contribution in [3.8, 4) is 0 Å². The number of non-ortho nitro benzene ring substituents is 1. The molecule has 4 rings (SSSR count). The van der Waals surface area contributed by atoms with Crippen LogP contribution in [0.5, 0.6) is 0 Å². The third-order valence-corrected chi connectivity index (χ3v) is 5.72. The van der Waals surface area contributed by atoms with Gasteiger partial charge in [0.2, 0.25) is 17.7 Å². The van der Waals surface area contributed by atoms with E-state index in [4.69, 9.17) is 0 Å². The minimum atomic E-state index is -0.472.